The number of halogens is 1. The molecule has 1 heterocycles. The Labute approximate surface area is 149 Å². The Bertz CT molecular complexity index is 832. The number of aryl methyl sites for hydroxylation is 1. The Hall–Kier alpha value is -3.36. The van der Waals surface area contributed by atoms with Crippen LogP contribution in [0.3, 0.4) is 0 Å². The Morgan fingerprint density at radius 2 is 2.04 bits per heavy atom. The molecule has 26 heavy (non-hydrogen) atoms. The fraction of sp³-hybridized carbons (Fsp3) is 0.235. The van der Waals surface area contributed by atoms with E-state index in [1.807, 2.05) is 0 Å². The lowest BCUT2D eigenvalue weighted by molar-refractivity contribution is -0.138. The number of methoxy groups -OCH3 is 2. The molecule has 1 aromatic heterocycles. The van der Waals surface area contributed by atoms with E-state index >= 15 is 0 Å². The molecule has 138 valence electrons. The lowest BCUT2D eigenvalue weighted by Gasteiger charge is -2.14. The summed E-state index contributed by atoms with van der Waals surface area (Å²) in [6.45, 7) is 0.134. The molecule has 0 atom stereocenters. The van der Waals surface area contributed by atoms with Crippen LogP contribution >= 0.6 is 0 Å². The fourth-order valence-corrected chi connectivity index (χ4v) is 2.00. The van der Waals surface area contributed by atoms with E-state index in [1.165, 1.54) is 12.1 Å². The van der Waals surface area contributed by atoms with Crippen LogP contribution in [0.25, 0.3) is 0 Å². The third kappa shape index (κ3) is 5.07. The molecule has 0 fully saturated rings. The maximum absolute atomic E-state index is 13.6. The van der Waals surface area contributed by atoms with E-state index < -0.39 is 17.8 Å². The van der Waals surface area contributed by atoms with E-state index in [2.05, 4.69) is 19.9 Å². The third-order valence-electron chi connectivity index (χ3n) is 3.22. The van der Waals surface area contributed by atoms with Crippen LogP contribution in [-0.2, 0) is 32.7 Å². The minimum atomic E-state index is -0.824. The zero-order chi connectivity index (χ0) is 19.1. The monoisotopic (exact) mass is 363 g/mol. The van der Waals surface area contributed by atoms with Crippen molar-refractivity contribution in [2.24, 2.45) is 7.05 Å². The van der Waals surface area contributed by atoms with Gasteiger partial charge in [-0.15, -0.1) is 0 Å². The number of nitrogens with zero attached hydrogens (tertiary/aromatic N) is 2. The van der Waals surface area contributed by atoms with Crippen molar-refractivity contribution in [3.63, 3.8) is 0 Å². The number of ether oxygens (including phenoxy) is 3. The lowest BCUT2D eigenvalue weighted by atomic mass is 10.2. The average molecular weight is 363 g/mol. The predicted octanol–water partition coefficient (Wildman–Crippen LogP) is 1.78. The molecule has 1 aromatic carbocycles. The molecule has 9 heteroatoms. The molecule has 2 aromatic rings. The number of rotatable bonds is 7. The van der Waals surface area contributed by atoms with Gasteiger partial charge in [0.1, 0.15) is 23.9 Å². The second-order valence-corrected chi connectivity index (χ2v) is 5.11. The number of hydrogen-bond acceptors (Lipinski definition) is 7. The molecular weight excluding hydrogens is 345 g/mol. The van der Waals surface area contributed by atoms with Gasteiger partial charge in [-0.2, -0.15) is 5.10 Å². The van der Waals surface area contributed by atoms with Crippen LogP contribution in [-0.4, -0.2) is 35.9 Å². The van der Waals surface area contributed by atoms with Gasteiger partial charge < -0.3 is 19.5 Å². The van der Waals surface area contributed by atoms with Crippen LogP contribution in [0.5, 0.6) is 5.75 Å². The van der Waals surface area contributed by atoms with Gasteiger partial charge >= 0.3 is 11.9 Å². The summed E-state index contributed by atoms with van der Waals surface area (Å²) in [6, 6.07) is 5.50. The van der Waals surface area contributed by atoms with Crippen molar-refractivity contribution < 1.29 is 28.2 Å². The zero-order valence-electron chi connectivity index (χ0n) is 14.5. The summed E-state index contributed by atoms with van der Waals surface area (Å²) in [4.78, 5) is 23.3. The maximum Gasteiger partial charge on any atom is 0.354 e. The van der Waals surface area contributed by atoms with Gasteiger partial charge in [0.05, 0.1) is 31.7 Å². The molecule has 0 bridgehead atoms. The lowest BCUT2D eigenvalue weighted by Crippen LogP contribution is -2.16. The van der Waals surface area contributed by atoms with Crippen LogP contribution in [0.4, 0.5) is 10.1 Å². The summed E-state index contributed by atoms with van der Waals surface area (Å²) in [5, 5.41) is 6.82. The fourth-order valence-electron chi connectivity index (χ4n) is 2.00. The molecule has 1 N–H and O–H groups in total. The highest BCUT2D eigenvalue weighted by molar-refractivity contribution is 5.99. The zero-order valence-corrected chi connectivity index (χ0v) is 14.5. The van der Waals surface area contributed by atoms with Crippen molar-refractivity contribution >= 4 is 17.6 Å². The number of nitrogens with one attached hydrogen (secondary N) is 1. The summed E-state index contributed by atoms with van der Waals surface area (Å²) in [6.07, 6.45) is 2.66. The summed E-state index contributed by atoms with van der Waals surface area (Å²) in [5.41, 5.74) is 0.579. The number of hydrogen-bond donors (Lipinski definition) is 1. The highest BCUT2D eigenvalue weighted by Crippen LogP contribution is 2.27. The summed E-state index contributed by atoms with van der Waals surface area (Å²) in [5.74, 6) is -1.89. The summed E-state index contributed by atoms with van der Waals surface area (Å²) >= 11 is 0. The van der Waals surface area contributed by atoms with E-state index in [0.29, 0.717) is 5.69 Å². The van der Waals surface area contributed by atoms with E-state index in [4.69, 9.17) is 4.74 Å². The average Bonchev–Trinajstić information content (AvgIpc) is 3.04. The van der Waals surface area contributed by atoms with Crippen LogP contribution in [0.15, 0.2) is 42.2 Å². The molecule has 2 rings (SSSR count). The van der Waals surface area contributed by atoms with Crippen LogP contribution in [0.2, 0.25) is 0 Å². The largest absolute Gasteiger partial charge is 0.485 e. The van der Waals surface area contributed by atoms with Gasteiger partial charge in [0.2, 0.25) is 0 Å². The first-order valence-electron chi connectivity index (χ1n) is 7.48. The minimum absolute atomic E-state index is 0.134. The Morgan fingerprint density at radius 3 is 2.65 bits per heavy atom. The van der Waals surface area contributed by atoms with Crippen molar-refractivity contribution in [1.29, 1.82) is 0 Å². The molecule has 0 saturated carbocycles. The molecule has 0 aliphatic carbocycles. The maximum atomic E-state index is 13.6. The highest BCUT2D eigenvalue weighted by atomic mass is 19.1. The molecule has 0 amide bonds. The number of carbonyl (C=O) groups is 2. The Kier molecular flexibility index (Phi) is 6.31. The first-order valence-corrected chi connectivity index (χ1v) is 7.48. The Morgan fingerprint density at radius 1 is 1.27 bits per heavy atom. The number of anilines is 1. The molecule has 0 saturated heterocycles. The quantitative estimate of drug-likeness (QED) is 0.592. The van der Waals surface area contributed by atoms with Gasteiger partial charge in [-0.25, -0.2) is 14.0 Å². The molecule has 0 radical (unpaired) electrons. The molecule has 0 spiro atoms. The summed E-state index contributed by atoms with van der Waals surface area (Å²) < 4.78 is 30.0. The van der Waals surface area contributed by atoms with Crippen molar-refractivity contribution in [2.45, 2.75) is 6.61 Å². The second-order valence-electron chi connectivity index (χ2n) is 5.11. The summed E-state index contributed by atoms with van der Waals surface area (Å²) in [7, 11) is 4.09. The van der Waals surface area contributed by atoms with Crippen LogP contribution in [0, 0.1) is 5.82 Å². The number of carbonyl (C=O) groups excluding carboxylic acids is 2. The van der Waals surface area contributed by atoms with Gasteiger partial charge in [-0.1, -0.05) is 0 Å². The van der Waals surface area contributed by atoms with E-state index in [1.54, 1.807) is 24.0 Å². The third-order valence-corrected chi connectivity index (χ3v) is 3.22. The topological polar surface area (TPSA) is 91.7 Å². The van der Waals surface area contributed by atoms with Crippen LogP contribution in [0.1, 0.15) is 5.69 Å². The smallest absolute Gasteiger partial charge is 0.354 e. The van der Waals surface area contributed by atoms with E-state index in [-0.39, 0.29) is 23.7 Å². The van der Waals surface area contributed by atoms with Gasteiger partial charge in [0, 0.05) is 19.3 Å². The van der Waals surface area contributed by atoms with Gasteiger partial charge in [-0.05, 0) is 18.2 Å². The predicted molar refractivity (Wildman–Crippen MR) is 89.7 cm³/mol. The van der Waals surface area contributed by atoms with Gasteiger partial charge in [-0.3, -0.25) is 4.68 Å². The first kappa shape index (κ1) is 19.0. The van der Waals surface area contributed by atoms with Crippen molar-refractivity contribution in [1.82, 2.24) is 9.78 Å². The van der Waals surface area contributed by atoms with Crippen molar-refractivity contribution in [2.75, 3.05) is 19.5 Å². The van der Waals surface area contributed by atoms with Crippen LogP contribution < -0.4 is 10.1 Å². The number of aromatic nitrogens is 2. The van der Waals surface area contributed by atoms with Crippen molar-refractivity contribution in [3.05, 3.63) is 53.7 Å². The van der Waals surface area contributed by atoms with Gasteiger partial charge in [0.15, 0.2) is 0 Å². The SMILES string of the molecule is COC(=O)/C=C(/Nc1cc(F)ccc1OCc1ccn(C)n1)C(=O)OC. The second kappa shape index (κ2) is 8.65. The molecular formula is C17H18FN3O5. The normalized spacial score (nSPS) is 11.0. The van der Waals surface area contributed by atoms with E-state index in [9.17, 15) is 14.0 Å². The molecule has 0 aliphatic rings. The van der Waals surface area contributed by atoms with Gasteiger partial charge in [0.25, 0.3) is 0 Å². The molecule has 8 nitrogen and oxygen atoms in total. The number of benzene rings is 1. The standard InChI is InChI=1S/C17H18FN3O5/c1-21-7-6-12(20-21)10-26-15-5-4-11(18)8-13(15)19-14(17(23)25-3)9-16(22)24-2/h4-9,19H,10H2,1-3H3/b14-9+. The number of esters is 2. The minimum Gasteiger partial charge on any atom is -0.485 e. The highest BCUT2D eigenvalue weighted by Gasteiger charge is 2.16. The molecule has 0 unspecified atom stereocenters. The van der Waals surface area contributed by atoms with Crippen molar-refractivity contribution in [3.8, 4) is 5.75 Å². The Balaban J connectivity index is 2.25. The molecule has 0 aliphatic heterocycles. The van der Waals surface area contributed by atoms with E-state index in [0.717, 1.165) is 26.4 Å². The first-order chi connectivity index (χ1) is 12.4.